The lowest BCUT2D eigenvalue weighted by Crippen LogP contribution is -2.31. The molecule has 0 spiro atoms. The lowest BCUT2D eigenvalue weighted by atomic mass is 9.90. The normalized spacial score (nSPS) is 19.0. The van der Waals surface area contributed by atoms with Gasteiger partial charge < -0.3 is 10.4 Å². The molecule has 110 valence electrons. The van der Waals surface area contributed by atoms with E-state index in [1.807, 2.05) is 36.4 Å². The van der Waals surface area contributed by atoms with Gasteiger partial charge >= 0.3 is 0 Å². The topological polar surface area (TPSA) is 45.1 Å². The van der Waals surface area contributed by atoms with Crippen LogP contribution in [0.5, 0.6) is 0 Å². The van der Waals surface area contributed by atoms with Crippen LogP contribution in [0.15, 0.2) is 42.5 Å². The molecule has 0 aliphatic heterocycles. The molecule has 0 radical (unpaired) electrons. The standard InChI is InChI=1S/C17H19ClN2O/c18-17-10-9-13-14(7-4-8-15(13)20-17)19-16(11-21)12-5-2-1-3-6-12/h1-3,5-6,9-10,14,16,19,21H,4,7-8,11H2/t14?,16-/m0/s1. The van der Waals surface area contributed by atoms with E-state index in [2.05, 4.69) is 16.4 Å². The molecule has 0 fully saturated rings. The second-order valence-corrected chi connectivity index (χ2v) is 5.81. The number of halogens is 1. The van der Waals surface area contributed by atoms with Crippen molar-refractivity contribution in [1.29, 1.82) is 0 Å². The lowest BCUT2D eigenvalue weighted by Gasteiger charge is -2.29. The highest BCUT2D eigenvalue weighted by molar-refractivity contribution is 6.29. The van der Waals surface area contributed by atoms with Gasteiger partial charge in [0.25, 0.3) is 0 Å². The van der Waals surface area contributed by atoms with Gasteiger partial charge in [-0.1, -0.05) is 48.0 Å². The van der Waals surface area contributed by atoms with Crippen LogP contribution in [0.1, 0.15) is 41.7 Å². The molecule has 1 aromatic heterocycles. The second-order valence-electron chi connectivity index (χ2n) is 5.43. The molecule has 1 unspecified atom stereocenters. The van der Waals surface area contributed by atoms with E-state index in [4.69, 9.17) is 11.6 Å². The van der Waals surface area contributed by atoms with Gasteiger partial charge in [0.15, 0.2) is 0 Å². The summed E-state index contributed by atoms with van der Waals surface area (Å²) in [6.07, 6.45) is 3.12. The molecule has 0 saturated heterocycles. The number of aliphatic hydroxyl groups is 1. The summed E-state index contributed by atoms with van der Waals surface area (Å²) in [5.74, 6) is 0. The van der Waals surface area contributed by atoms with Gasteiger partial charge in [0.2, 0.25) is 0 Å². The number of nitrogens with zero attached hydrogens (tertiary/aromatic N) is 1. The molecule has 0 bridgehead atoms. The van der Waals surface area contributed by atoms with Crippen LogP contribution in [0, 0.1) is 0 Å². The smallest absolute Gasteiger partial charge is 0.129 e. The molecule has 4 heteroatoms. The predicted molar refractivity (Wildman–Crippen MR) is 84.3 cm³/mol. The molecule has 2 atom stereocenters. The maximum Gasteiger partial charge on any atom is 0.129 e. The fraction of sp³-hybridized carbons (Fsp3) is 0.353. The minimum absolute atomic E-state index is 0.0576. The zero-order chi connectivity index (χ0) is 14.7. The van der Waals surface area contributed by atoms with E-state index in [0.717, 1.165) is 30.5 Å². The first kappa shape index (κ1) is 14.5. The first-order chi connectivity index (χ1) is 10.3. The number of aryl methyl sites for hydroxylation is 1. The average molecular weight is 303 g/mol. The molecule has 2 N–H and O–H groups in total. The van der Waals surface area contributed by atoms with Crippen LogP contribution >= 0.6 is 11.6 Å². The molecule has 3 nitrogen and oxygen atoms in total. The van der Waals surface area contributed by atoms with Crippen molar-refractivity contribution in [3.63, 3.8) is 0 Å². The van der Waals surface area contributed by atoms with Crippen molar-refractivity contribution in [2.75, 3.05) is 6.61 Å². The van der Waals surface area contributed by atoms with Crippen molar-refractivity contribution < 1.29 is 5.11 Å². The Labute approximate surface area is 130 Å². The largest absolute Gasteiger partial charge is 0.394 e. The number of benzene rings is 1. The van der Waals surface area contributed by atoms with Gasteiger partial charge in [0.05, 0.1) is 12.6 Å². The lowest BCUT2D eigenvalue weighted by molar-refractivity contribution is 0.228. The maximum absolute atomic E-state index is 9.70. The molecule has 1 heterocycles. The van der Waals surface area contributed by atoms with Crippen molar-refractivity contribution in [1.82, 2.24) is 10.3 Å². The molecular formula is C17H19ClN2O. The van der Waals surface area contributed by atoms with Gasteiger partial charge in [-0.15, -0.1) is 0 Å². The number of hydrogen-bond donors (Lipinski definition) is 2. The fourth-order valence-corrected chi connectivity index (χ4v) is 3.15. The highest BCUT2D eigenvalue weighted by Crippen LogP contribution is 2.31. The third-order valence-electron chi connectivity index (χ3n) is 4.04. The van der Waals surface area contributed by atoms with E-state index >= 15 is 0 Å². The molecule has 0 saturated carbocycles. The minimum atomic E-state index is -0.0576. The Hall–Kier alpha value is -1.42. The van der Waals surface area contributed by atoms with Crippen LogP contribution in [0.3, 0.4) is 0 Å². The SMILES string of the molecule is OC[C@H](NC1CCCc2nc(Cl)ccc21)c1ccccc1. The van der Waals surface area contributed by atoms with E-state index in [9.17, 15) is 5.11 Å². The Kier molecular flexibility index (Phi) is 4.54. The van der Waals surface area contributed by atoms with E-state index in [1.165, 1.54) is 5.56 Å². The van der Waals surface area contributed by atoms with Crippen LogP contribution in [0.25, 0.3) is 0 Å². The van der Waals surface area contributed by atoms with Crippen molar-refractivity contribution in [3.05, 3.63) is 64.4 Å². The van der Waals surface area contributed by atoms with Gasteiger partial charge in [-0.3, -0.25) is 0 Å². The molecule has 0 amide bonds. The third-order valence-corrected chi connectivity index (χ3v) is 4.25. The summed E-state index contributed by atoms with van der Waals surface area (Å²) in [5, 5.41) is 13.8. The number of pyridine rings is 1. The number of fused-ring (bicyclic) bond motifs is 1. The second kappa shape index (κ2) is 6.56. The Morgan fingerprint density at radius 2 is 2.05 bits per heavy atom. The Morgan fingerprint density at radius 1 is 1.24 bits per heavy atom. The number of aromatic nitrogens is 1. The quantitative estimate of drug-likeness (QED) is 0.851. The first-order valence-corrected chi connectivity index (χ1v) is 7.73. The van der Waals surface area contributed by atoms with Gasteiger partial charge in [-0.05, 0) is 36.5 Å². The Balaban J connectivity index is 1.82. The number of rotatable bonds is 4. The fourth-order valence-electron chi connectivity index (χ4n) is 2.99. The number of nitrogens with one attached hydrogen (secondary N) is 1. The van der Waals surface area contributed by atoms with E-state index in [0.29, 0.717) is 5.15 Å². The van der Waals surface area contributed by atoms with Crippen molar-refractivity contribution in [2.24, 2.45) is 0 Å². The van der Waals surface area contributed by atoms with Crippen LogP contribution in [0.4, 0.5) is 0 Å². The van der Waals surface area contributed by atoms with Crippen LogP contribution in [-0.4, -0.2) is 16.7 Å². The molecular weight excluding hydrogens is 284 g/mol. The highest BCUT2D eigenvalue weighted by atomic mass is 35.5. The highest BCUT2D eigenvalue weighted by Gasteiger charge is 2.24. The first-order valence-electron chi connectivity index (χ1n) is 7.35. The van der Waals surface area contributed by atoms with Gasteiger partial charge in [-0.2, -0.15) is 0 Å². The summed E-state index contributed by atoms with van der Waals surface area (Å²) in [7, 11) is 0. The average Bonchev–Trinajstić information content (AvgIpc) is 2.53. The molecule has 2 aromatic rings. The molecule has 1 aromatic carbocycles. The monoisotopic (exact) mass is 302 g/mol. The summed E-state index contributed by atoms with van der Waals surface area (Å²) >= 11 is 5.98. The summed E-state index contributed by atoms with van der Waals surface area (Å²) in [6.45, 7) is 0.0802. The van der Waals surface area contributed by atoms with Gasteiger partial charge in [0.1, 0.15) is 5.15 Å². The minimum Gasteiger partial charge on any atom is -0.394 e. The van der Waals surface area contributed by atoms with Gasteiger partial charge in [0, 0.05) is 11.7 Å². The van der Waals surface area contributed by atoms with Gasteiger partial charge in [-0.25, -0.2) is 4.98 Å². The van der Waals surface area contributed by atoms with Crippen LogP contribution in [0.2, 0.25) is 5.15 Å². The summed E-state index contributed by atoms with van der Waals surface area (Å²) < 4.78 is 0. The predicted octanol–water partition coefficient (Wildman–Crippen LogP) is 3.44. The molecule has 1 aliphatic carbocycles. The zero-order valence-electron chi connectivity index (χ0n) is 11.8. The van der Waals surface area contributed by atoms with Crippen molar-refractivity contribution in [3.8, 4) is 0 Å². The summed E-state index contributed by atoms with van der Waals surface area (Å²) in [5.41, 5.74) is 3.39. The third kappa shape index (κ3) is 3.26. The van der Waals surface area contributed by atoms with E-state index in [1.54, 1.807) is 0 Å². The number of hydrogen-bond acceptors (Lipinski definition) is 3. The summed E-state index contributed by atoms with van der Waals surface area (Å²) in [4.78, 5) is 4.43. The van der Waals surface area contributed by atoms with Crippen molar-refractivity contribution in [2.45, 2.75) is 31.3 Å². The molecule has 21 heavy (non-hydrogen) atoms. The molecule has 1 aliphatic rings. The Morgan fingerprint density at radius 3 is 2.81 bits per heavy atom. The Bertz CT molecular complexity index is 603. The van der Waals surface area contributed by atoms with Crippen LogP contribution in [-0.2, 0) is 6.42 Å². The molecule has 3 rings (SSSR count). The number of aliphatic hydroxyl groups excluding tert-OH is 1. The van der Waals surface area contributed by atoms with Crippen LogP contribution < -0.4 is 5.32 Å². The summed E-state index contributed by atoms with van der Waals surface area (Å²) in [6, 6.07) is 14.1. The van der Waals surface area contributed by atoms with E-state index < -0.39 is 0 Å². The maximum atomic E-state index is 9.70. The van der Waals surface area contributed by atoms with Crippen molar-refractivity contribution >= 4 is 11.6 Å². The van der Waals surface area contributed by atoms with E-state index in [-0.39, 0.29) is 18.7 Å². The zero-order valence-corrected chi connectivity index (χ0v) is 12.6.